The first-order valence-corrected chi connectivity index (χ1v) is 10.3. The van der Waals surface area contributed by atoms with E-state index in [1.807, 2.05) is 42.5 Å². The SMILES string of the molecule is COc1ccc(-c2cnc(-c3ccccc3C(=O)NCc3ccccc3OC)o2)c(OC)c1. The van der Waals surface area contributed by atoms with Gasteiger partial charge in [-0.1, -0.05) is 30.3 Å². The molecule has 0 fully saturated rings. The van der Waals surface area contributed by atoms with Crippen molar-refractivity contribution in [3.63, 3.8) is 0 Å². The molecule has 33 heavy (non-hydrogen) atoms. The maximum absolute atomic E-state index is 13.0. The molecule has 0 saturated heterocycles. The molecule has 0 radical (unpaired) electrons. The van der Waals surface area contributed by atoms with Gasteiger partial charge in [-0.2, -0.15) is 0 Å². The molecule has 0 spiro atoms. The van der Waals surface area contributed by atoms with Crippen molar-refractivity contribution >= 4 is 5.91 Å². The van der Waals surface area contributed by atoms with Gasteiger partial charge in [-0.05, 0) is 30.3 Å². The Labute approximate surface area is 191 Å². The number of benzene rings is 3. The molecule has 0 aliphatic rings. The van der Waals surface area contributed by atoms with E-state index in [-0.39, 0.29) is 5.91 Å². The van der Waals surface area contributed by atoms with Crippen molar-refractivity contribution in [2.75, 3.05) is 21.3 Å². The van der Waals surface area contributed by atoms with Crippen LogP contribution in [0.25, 0.3) is 22.8 Å². The highest BCUT2D eigenvalue weighted by Gasteiger charge is 2.19. The van der Waals surface area contributed by atoms with E-state index >= 15 is 0 Å². The molecular weight excluding hydrogens is 420 g/mol. The van der Waals surface area contributed by atoms with E-state index in [1.54, 1.807) is 51.8 Å². The quantitative estimate of drug-likeness (QED) is 0.413. The van der Waals surface area contributed by atoms with Crippen LogP contribution >= 0.6 is 0 Å². The third-order valence-corrected chi connectivity index (χ3v) is 5.21. The van der Waals surface area contributed by atoms with Gasteiger partial charge in [-0.25, -0.2) is 4.98 Å². The molecule has 0 saturated carbocycles. The Balaban J connectivity index is 1.60. The van der Waals surface area contributed by atoms with Crippen LogP contribution in [0.15, 0.2) is 77.3 Å². The smallest absolute Gasteiger partial charge is 0.252 e. The number of carbonyl (C=O) groups is 1. The summed E-state index contributed by atoms with van der Waals surface area (Å²) in [4.78, 5) is 17.4. The maximum Gasteiger partial charge on any atom is 0.252 e. The highest BCUT2D eigenvalue weighted by molar-refractivity contribution is 6.00. The van der Waals surface area contributed by atoms with Crippen molar-refractivity contribution in [1.82, 2.24) is 10.3 Å². The second kappa shape index (κ2) is 9.91. The second-order valence-electron chi connectivity index (χ2n) is 7.14. The van der Waals surface area contributed by atoms with E-state index in [1.165, 1.54) is 0 Å². The van der Waals surface area contributed by atoms with Crippen LogP contribution in [0.4, 0.5) is 0 Å². The van der Waals surface area contributed by atoms with E-state index in [0.29, 0.717) is 40.8 Å². The van der Waals surface area contributed by atoms with Gasteiger partial charge in [0.1, 0.15) is 17.2 Å². The number of nitrogens with zero attached hydrogens (tertiary/aromatic N) is 1. The zero-order valence-corrected chi connectivity index (χ0v) is 18.6. The number of para-hydroxylation sites is 1. The van der Waals surface area contributed by atoms with Crippen LogP contribution in [0.2, 0.25) is 0 Å². The van der Waals surface area contributed by atoms with Gasteiger partial charge in [-0.3, -0.25) is 4.79 Å². The lowest BCUT2D eigenvalue weighted by Gasteiger charge is -2.11. The Hall–Kier alpha value is -4.26. The Kier molecular flexibility index (Phi) is 6.59. The lowest BCUT2D eigenvalue weighted by Crippen LogP contribution is -2.23. The van der Waals surface area contributed by atoms with Crippen LogP contribution in [0, 0.1) is 0 Å². The van der Waals surface area contributed by atoms with E-state index in [2.05, 4.69) is 10.3 Å². The topological polar surface area (TPSA) is 82.8 Å². The maximum atomic E-state index is 13.0. The third-order valence-electron chi connectivity index (χ3n) is 5.21. The van der Waals surface area contributed by atoms with Gasteiger partial charge in [0.05, 0.1) is 38.7 Å². The molecule has 4 aromatic rings. The molecule has 0 bridgehead atoms. The fourth-order valence-electron chi connectivity index (χ4n) is 3.51. The van der Waals surface area contributed by atoms with Crippen molar-refractivity contribution in [1.29, 1.82) is 0 Å². The van der Waals surface area contributed by atoms with Crippen LogP contribution in [0.5, 0.6) is 17.2 Å². The molecule has 0 unspecified atom stereocenters. The molecule has 1 N–H and O–H groups in total. The summed E-state index contributed by atoms with van der Waals surface area (Å²) in [5, 5.41) is 2.95. The zero-order valence-electron chi connectivity index (χ0n) is 18.6. The largest absolute Gasteiger partial charge is 0.497 e. The number of ether oxygens (including phenoxy) is 3. The fraction of sp³-hybridized carbons (Fsp3) is 0.154. The molecule has 1 amide bonds. The first-order chi connectivity index (χ1) is 16.1. The Bertz CT molecular complexity index is 1270. The number of rotatable bonds is 8. The van der Waals surface area contributed by atoms with Crippen LogP contribution < -0.4 is 19.5 Å². The molecular formula is C26H24N2O5. The van der Waals surface area contributed by atoms with Crippen molar-refractivity contribution < 1.29 is 23.4 Å². The minimum atomic E-state index is -0.238. The molecule has 1 aromatic heterocycles. The van der Waals surface area contributed by atoms with Crippen LogP contribution in [-0.4, -0.2) is 32.2 Å². The highest BCUT2D eigenvalue weighted by atomic mass is 16.5. The minimum Gasteiger partial charge on any atom is -0.497 e. The average molecular weight is 444 g/mol. The Morgan fingerprint density at radius 1 is 0.879 bits per heavy atom. The van der Waals surface area contributed by atoms with Gasteiger partial charge in [-0.15, -0.1) is 0 Å². The molecule has 7 nitrogen and oxygen atoms in total. The normalized spacial score (nSPS) is 10.5. The van der Waals surface area contributed by atoms with Gasteiger partial charge in [0, 0.05) is 23.7 Å². The van der Waals surface area contributed by atoms with Crippen molar-refractivity contribution in [3.8, 4) is 40.0 Å². The summed E-state index contributed by atoms with van der Waals surface area (Å²) in [7, 11) is 4.78. The number of hydrogen-bond donors (Lipinski definition) is 1. The molecule has 0 aliphatic heterocycles. The summed E-state index contributed by atoms with van der Waals surface area (Å²) >= 11 is 0. The summed E-state index contributed by atoms with van der Waals surface area (Å²) < 4.78 is 22.1. The minimum absolute atomic E-state index is 0.238. The summed E-state index contributed by atoms with van der Waals surface area (Å²) in [6.07, 6.45) is 1.61. The van der Waals surface area contributed by atoms with Gasteiger partial charge < -0.3 is 23.9 Å². The second-order valence-corrected chi connectivity index (χ2v) is 7.14. The molecule has 0 aliphatic carbocycles. The Morgan fingerprint density at radius 2 is 1.64 bits per heavy atom. The van der Waals surface area contributed by atoms with Gasteiger partial charge in [0.25, 0.3) is 5.91 Å². The van der Waals surface area contributed by atoms with Crippen LogP contribution in [0.3, 0.4) is 0 Å². The third kappa shape index (κ3) is 4.67. The van der Waals surface area contributed by atoms with Crippen molar-refractivity contribution in [2.24, 2.45) is 0 Å². The van der Waals surface area contributed by atoms with E-state index in [9.17, 15) is 4.79 Å². The predicted octanol–water partition coefficient (Wildman–Crippen LogP) is 4.96. The van der Waals surface area contributed by atoms with Gasteiger partial charge in [0.15, 0.2) is 5.76 Å². The molecule has 1 heterocycles. The number of methoxy groups -OCH3 is 3. The number of nitrogens with one attached hydrogen (secondary N) is 1. The molecule has 168 valence electrons. The highest BCUT2D eigenvalue weighted by Crippen LogP contribution is 2.35. The zero-order chi connectivity index (χ0) is 23.2. The number of carbonyl (C=O) groups excluding carboxylic acids is 1. The van der Waals surface area contributed by atoms with E-state index < -0.39 is 0 Å². The van der Waals surface area contributed by atoms with Crippen molar-refractivity contribution in [2.45, 2.75) is 6.54 Å². The number of oxazole rings is 1. The first kappa shape index (κ1) is 22.0. The standard InChI is InChI=1S/C26H24N2O5/c1-30-18-12-13-21(23(14-18)32-3)24-16-28-26(33-24)20-10-6-5-9-19(20)25(29)27-15-17-8-4-7-11-22(17)31-2/h4-14,16H,15H2,1-3H3,(H,27,29). The van der Waals surface area contributed by atoms with E-state index in [4.69, 9.17) is 18.6 Å². The van der Waals surface area contributed by atoms with Crippen LogP contribution in [0.1, 0.15) is 15.9 Å². The molecule has 0 atom stereocenters. The first-order valence-electron chi connectivity index (χ1n) is 10.3. The summed E-state index contributed by atoms with van der Waals surface area (Å²) in [6.45, 7) is 0.330. The molecule has 4 rings (SSSR count). The van der Waals surface area contributed by atoms with Crippen LogP contribution in [-0.2, 0) is 6.54 Å². The fourth-order valence-corrected chi connectivity index (χ4v) is 3.51. The number of hydrogen-bond acceptors (Lipinski definition) is 6. The van der Waals surface area contributed by atoms with Gasteiger partial charge >= 0.3 is 0 Å². The predicted molar refractivity (Wildman–Crippen MR) is 125 cm³/mol. The Morgan fingerprint density at radius 3 is 2.42 bits per heavy atom. The summed E-state index contributed by atoms with van der Waals surface area (Å²) in [6, 6.07) is 20.2. The lowest BCUT2D eigenvalue weighted by atomic mass is 10.1. The molecule has 3 aromatic carbocycles. The molecule has 7 heteroatoms. The monoisotopic (exact) mass is 444 g/mol. The summed E-state index contributed by atoms with van der Waals surface area (Å²) in [5.41, 5.74) is 2.67. The van der Waals surface area contributed by atoms with Crippen molar-refractivity contribution in [3.05, 3.63) is 84.1 Å². The number of amides is 1. The lowest BCUT2D eigenvalue weighted by molar-refractivity contribution is 0.0951. The van der Waals surface area contributed by atoms with Gasteiger partial charge in [0.2, 0.25) is 5.89 Å². The average Bonchev–Trinajstić information content (AvgIpc) is 3.37. The summed E-state index contributed by atoms with van der Waals surface area (Å²) in [5.74, 6) is 2.61. The number of aromatic nitrogens is 1. The van der Waals surface area contributed by atoms with E-state index in [0.717, 1.165) is 16.9 Å².